The van der Waals surface area contributed by atoms with E-state index in [2.05, 4.69) is 17.3 Å². The van der Waals surface area contributed by atoms with Gasteiger partial charge in [-0.1, -0.05) is 38.0 Å². The molecule has 0 fully saturated rings. The van der Waals surface area contributed by atoms with Crippen molar-refractivity contribution in [3.8, 4) is 10.8 Å². The minimum atomic E-state index is -0.644. The highest BCUT2D eigenvalue weighted by molar-refractivity contribution is 7.13. The molecule has 1 amide bonds. The first kappa shape index (κ1) is 18.1. The van der Waals surface area contributed by atoms with Gasteiger partial charge in [0.2, 0.25) is 5.91 Å². The third kappa shape index (κ3) is 4.70. The molecule has 7 heteroatoms. The number of amides is 1. The molecule has 6 nitrogen and oxygen atoms in total. The van der Waals surface area contributed by atoms with E-state index in [4.69, 9.17) is 4.42 Å². The molecule has 0 bridgehead atoms. The fraction of sp³-hybridized carbons (Fsp3) is 0.316. The number of hydrogen-bond acceptors (Lipinski definition) is 5. The number of nitrogens with one attached hydrogen (secondary N) is 1. The van der Waals surface area contributed by atoms with Crippen LogP contribution in [0.25, 0.3) is 10.8 Å². The van der Waals surface area contributed by atoms with E-state index in [1.54, 1.807) is 0 Å². The summed E-state index contributed by atoms with van der Waals surface area (Å²) in [6.07, 6.45) is 4.63. The van der Waals surface area contributed by atoms with Crippen molar-refractivity contribution in [2.45, 2.75) is 39.2 Å². The lowest BCUT2D eigenvalue weighted by Gasteiger charge is -2.06. The van der Waals surface area contributed by atoms with Crippen LogP contribution in [0.3, 0.4) is 0 Å². The van der Waals surface area contributed by atoms with Crippen LogP contribution in [0.1, 0.15) is 31.7 Å². The molecule has 1 N–H and O–H groups in total. The van der Waals surface area contributed by atoms with Gasteiger partial charge in [-0.05, 0) is 42.0 Å². The summed E-state index contributed by atoms with van der Waals surface area (Å²) in [4.78, 5) is 24.8. The normalized spacial score (nSPS) is 10.8. The van der Waals surface area contributed by atoms with E-state index in [-0.39, 0.29) is 18.3 Å². The maximum Gasteiger partial charge on any atom is 0.437 e. The predicted molar refractivity (Wildman–Crippen MR) is 102 cm³/mol. The number of thiophene rings is 1. The second kappa shape index (κ2) is 8.62. The summed E-state index contributed by atoms with van der Waals surface area (Å²) >= 11 is 1.42. The van der Waals surface area contributed by atoms with Crippen LogP contribution in [-0.2, 0) is 17.8 Å². The molecular formula is C19H21N3O3S. The average molecular weight is 371 g/mol. The molecule has 3 aromatic rings. The Bertz CT molecular complexity index is 895. The topological polar surface area (TPSA) is 77.1 Å². The Morgan fingerprint density at radius 3 is 2.73 bits per heavy atom. The number of carbonyl (C=O) groups excluding carboxylic acids is 1. The summed E-state index contributed by atoms with van der Waals surface area (Å²) in [5, 5.41) is 8.72. The molecule has 0 saturated heterocycles. The first-order valence-electron chi connectivity index (χ1n) is 8.66. The van der Waals surface area contributed by atoms with Gasteiger partial charge in [0.25, 0.3) is 5.89 Å². The standard InChI is InChI=1S/C19H21N3O3S/c1-2-3-4-6-14-8-10-15(11-9-14)20-17(23)13-22-19(24)25-18(21-22)16-7-5-12-26-16/h5,7-12H,2-4,6,13H2,1H3,(H,20,23). The van der Waals surface area contributed by atoms with Crippen molar-refractivity contribution in [3.63, 3.8) is 0 Å². The van der Waals surface area contributed by atoms with Gasteiger partial charge < -0.3 is 9.73 Å². The molecule has 0 spiro atoms. The number of unbranched alkanes of at least 4 members (excludes halogenated alkanes) is 2. The zero-order chi connectivity index (χ0) is 18.4. The maximum absolute atomic E-state index is 12.2. The quantitative estimate of drug-likeness (QED) is 0.609. The third-order valence-electron chi connectivity index (χ3n) is 3.94. The number of aryl methyl sites for hydroxylation is 1. The first-order valence-corrected chi connectivity index (χ1v) is 9.54. The number of carbonyl (C=O) groups is 1. The highest BCUT2D eigenvalue weighted by Crippen LogP contribution is 2.21. The van der Waals surface area contributed by atoms with Crippen molar-refractivity contribution in [2.75, 3.05) is 5.32 Å². The van der Waals surface area contributed by atoms with Gasteiger partial charge in [0, 0.05) is 5.69 Å². The van der Waals surface area contributed by atoms with E-state index in [1.165, 1.54) is 36.2 Å². The van der Waals surface area contributed by atoms with Gasteiger partial charge in [-0.3, -0.25) is 4.79 Å². The number of aromatic nitrogens is 2. The molecule has 2 heterocycles. The lowest BCUT2D eigenvalue weighted by molar-refractivity contribution is -0.117. The zero-order valence-electron chi connectivity index (χ0n) is 14.6. The highest BCUT2D eigenvalue weighted by atomic mass is 32.1. The van der Waals surface area contributed by atoms with Gasteiger partial charge in [-0.15, -0.1) is 16.4 Å². The SMILES string of the molecule is CCCCCc1ccc(NC(=O)Cn2nc(-c3cccs3)oc2=O)cc1. The number of benzene rings is 1. The Morgan fingerprint density at radius 1 is 1.23 bits per heavy atom. The third-order valence-corrected chi connectivity index (χ3v) is 4.80. The number of hydrogen-bond donors (Lipinski definition) is 1. The second-order valence-electron chi connectivity index (χ2n) is 6.01. The van der Waals surface area contributed by atoms with E-state index < -0.39 is 5.76 Å². The van der Waals surface area contributed by atoms with Crippen LogP contribution in [0.15, 0.2) is 51.0 Å². The van der Waals surface area contributed by atoms with Gasteiger partial charge in [0.05, 0.1) is 4.88 Å². The fourth-order valence-corrected chi connectivity index (χ4v) is 3.22. The maximum atomic E-state index is 12.2. The lowest BCUT2D eigenvalue weighted by atomic mass is 10.1. The monoisotopic (exact) mass is 371 g/mol. The van der Waals surface area contributed by atoms with Crippen molar-refractivity contribution in [1.29, 1.82) is 0 Å². The molecule has 0 radical (unpaired) electrons. The summed E-state index contributed by atoms with van der Waals surface area (Å²) in [7, 11) is 0. The molecule has 26 heavy (non-hydrogen) atoms. The van der Waals surface area contributed by atoms with Gasteiger partial charge in [-0.2, -0.15) is 4.68 Å². The summed E-state index contributed by atoms with van der Waals surface area (Å²) in [5.41, 5.74) is 1.95. The molecule has 2 aromatic heterocycles. The van der Waals surface area contributed by atoms with E-state index in [0.717, 1.165) is 16.0 Å². The van der Waals surface area contributed by atoms with Crippen LogP contribution >= 0.6 is 11.3 Å². The van der Waals surface area contributed by atoms with Crippen LogP contribution in [0.2, 0.25) is 0 Å². The summed E-state index contributed by atoms with van der Waals surface area (Å²) < 4.78 is 6.13. The first-order chi connectivity index (χ1) is 12.7. The summed E-state index contributed by atoms with van der Waals surface area (Å²) in [6.45, 7) is 1.99. The van der Waals surface area contributed by atoms with E-state index >= 15 is 0 Å². The average Bonchev–Trinajstić information content (AvgIpc) is 3.27. The van der Waals surface area contributed by atoms with E-state index in [0.29, 0.717) is 5.69 Å². The van der Waals surface area contributed by atoms with Crippen LogP contribution in [0.4, 0.5) is 5.69 Å². The van der Waals surface area contributed by atoms with Crippen molar-refractivity contribution < 1.29 is 9.21 Å². The molecular weight excluding hydrogens is 350 g/mol. The number of rotatable bonds is 8. The molecule has 0 aliphatic heterocycles. The molecule has 136 valence electrons. The van der Waals surface area contributed by atoms with Gasteiger partial charge in [-0.25, -0.2) is 4.79 Å². The van der Waals surface area contributed by atoms with Gasteiger partial charge in [0.1, 0.15) is 6.54 Å². The Balaban J connectivity index is 1.58. The van der Waals surface area contributed by atoms with Crippen LogP contribution in [0, 0.1) is 0 Å². The fourth-order valence-electron chi connectivity index (χ4n) is 2.58. The summed E-state index contributed by atoms with van der Waals surface area (Å²) in [6, 6.07) is 11.4. The van der Waals surface area contributed by atoms with Gasteiger partial charge >= 0.3 is 5.76 Å². The molecule has 0 atom stereocenters. The largest absolute Gasteiger partial charge is 0.437 e. The van der Waals surface area contributed by atoms with Crippen molar-refractivity contribution in [1.82, 2.24) is 9.78 Å². The lowest BCUT2D eigenvalue weighted by Crippen LogP contribution is -2.25. The van der Waals surface area contributed by atoms with Crippen LogP contribution in [0.5, 0.6) is 0 Å². The Hall–Kier alpha value is -2.67. The van der Waals surface area contributed by atoms with Crippen LogP contribution < -0.4 is 11.1 Å². The van der Waals surface area contributed by atoms with Crippen molar-refractivity contribution in [3.05, 3.63) is 57.9 Å². The molecule has 0 aliphatic carbocycles. The second-order valence-corrected chi connectivity index (χ2v) is 6.96. The van der Waals surface area contributed by atoms with Crippen molar-refractivity contribution in [2.24, 2.45) is 0 Å². The van der Waals surface area contributed by atoms with E-state index in [9.17, 15) is 9.59 Å². The van der Waals surface area contributed by atoms with Crippen molar-refractivity contribution >= 4 is 22.9 Å². The number of nitrogens with zero attached hydrogens (tertiary/aromatic N) is 2. The van der Waals surface area contributed by atoms with Crippen LogP contribution in [-0.4, -0.2) is 15.7 Å². The summed E-state index contributed by atoms with van der Waals surface area (Å²) in [5.74, 6) is -0.735. The molecule has 0 saturated carbocycles. The smallest absolute Gasteiger partial charge is 0.387 e. The minimum Gasteiger partial charge on any atom is -0.387 e. The molecule has 3 rings (SSSR count). The zero-order valence-corrected chi connectivity index (χ0v) is 15.4. The van der Waals surface area contributed by atoms with E-state index in [1.807, 2.05) is 41.8 Å². The Kier molecular flexibility index (Phi) is 6.01. The predicted octanol–water partition coefficient (Wildman–Crippen LogP) is 3.94. The Morgan fingerprint density at radius 2 is 2.04 bits per heavy atom. The molecule has 1 aromatic carbocycles. The highest BCUT2D eigenvalue weighted by Gasteiger charge is 2.14. The minimum absolute atomic E-state index is 0.189. The molecule has 0 unspecified atom stereocenters. The molecule has 0 aliphatic rings. The number of anilines is 1. The Labute approximate surface area is 155 Å². The van der Waals surface area contributed by atoms with Gasteiger partial charge in [0.15, 0.2) is 0 Å².